The van der Waals surface area contributed by atoms with Crippen molar-refractivity contribution < 1.29 is 18.3 Å². The summed E-state index contributed by atoms with van der Waals surface area (Å²) in [5.74, 6) is 0.519. The normalized spacial score (nSPS) is 12.6. The monoisotopic (exact) mass is 499 g/mol. The number of amidine groups is 1. The van der Waals surface area contributed by atoms with Crippen LogP contribution in [-0.4, -0.2) is 76.6 Å². The predicted molar refractivity (Wildman–Crippen MR) is 140 cm³/mol. The van der Waals surface area contributed by atoms with Crippen molar-refractivity contribution in [2.75, 3.05) is 51.5 Å². The van der Waals surface area contributed by atoms with Gasteiger partial charge >= 0.3 is 0 Å². The van der Waals surface area contributed by atoms with Gasteiger partial charge in [-0.05, 0) is 66.4 Å². The number of ether oxygens (including phenoxy) is 1. The average Bonchev–Trinajstić information content (AvgIpc) is 2.85. The summed E-state index contributed by atoms with van der Waals surface area (Å²) in [5.41, 5.74) is 6.92. The van der Waals surface area contributed by atoms with Crippen LogP contribution in [0.3, 0.4) is 0 Å². The van der Waals surface area contributed by atoms with Crippen molar-refractivity contribution in [1.29, 1.82) is 5.41 Å². The molecule has 0 heterocycles. The summed E-state index contributed by atoms with van der Waals surface area (Å²) >= 11 is 0. The number of hydrogen-bond donors (Lipinski definition) is 5. The van der Waals surface area contributed by atoms with Gasteiger partial charge < -0.3 is 31.1 Å². The van der Waals surface area contributed by atoms with Crippen LogP contribution in [0.4, 0.5) is 5.69 Å². The smallest absolute Gasteiger partial charge is 0.191 e. The molecule has 0 aliphatic rings. The molecule has 188 valence electrons. The molecular weight excluding hydrogens is 466 g/mol. The third kappa shape index (κ3) is 7.66. The number of benzene rings is 3. The summed E-state index contributed by atoms with van der Waals surface area (Å²) in [6.07, 6.45) is -0.606. The molecule has 1 unspecified atom stereocenters. The van der Waals surface area contributed by atoms with Crippen LogP contribution >= 0.6 is 0 Å². The van der Waals surface area contributed by atoms with Crippen LogP contribution in [0.15, 0.2) is 65.6 Å². The Labute approximate surface area is 206 Å². The number of anilines is 1. The average molecular weight is 500 g/mol. The van der Waals surface area contributed by atoms with Gasteiger partial charge in [-0.1, -0.05) is 12.1 Å². The molecule has 6 N–H and O–H groups in total. The third-order valence-electron chi connectivity index (χ3n) is 5.60. The molecule has 9 nitrogen and oxygen atoms in total. The summed E-state index contributed by atoms with van der Waals surface area (Å²) in [6.45, 7) is 1.83. The number of likely N-dealkylation sites (N-methyl/N-ethyl adjacent to an activating group) is 1. The van der Waals surface area contributed by atoms with Gasteiger partial charge in [0.15, 0.2) is 9.84 Å². The minimum atomic E-state index is -3.49. The zero-order chi connectivity index (χ0) is 25.4. The Morgan fingerprint density at radius 1 is 1.11 bits per heavy atom. The summed E-state index contributed by atoms with van der Waals surface area (Å²) in [4.78, 5) is 2.20. The topological polar surface area (TPSA) is 141 Å². The second kappa shape index (κ2) is 12.0. The molecule has 3 aromatic carbocycles. The van der Waals surface area contributed by atoms with E-state index in [1.54, 1.807) is 37.4 Å². The van der Waals surface area contributed by atoms with Crippen LogP contribution in [0, 0.1) is 5.41 Å². The molecule has 0 aromatic heterocycles. The lowest BCUT2D eigenvalue weighted by Crippen LogP contribution is -2.38. The van der Waals surface area contributed by atoms with Crippen molar-refractivity contribution in [3.05, 3.63) is 66.2 Å². The second-order valence-corrected chi connectivity index (χ2v) is 10.4. The van der Waals surface area contributed by atoms with Gasteiger partial charge in [0.2, 0.25) is 0 Å². The first kappa shape index (κ1) is 26.4. The molecule has 35 heavy (non-hydrogen) atoms. The molecule has 3 rings (SSSR count). The van der Waals surface area contributed by atoms with Gasteiger partial charge in [0.1, 0.15) is 17.5 Å². The van der Waals surface area contributed by atoms with Crippen LogP contribution in [0.1, 0.15) is 5.56 Å². The largest absolute Gasteiger partial charge is 0.497 e. The van der Waals surface area contributed by atoms with Crippen molar-refractivity contribution in [3.63, 3.8) is 0 Å². The number of methoxy groups -OCH3 is 1. The van der Waals surface area contributed by atoms with Crippen LogP contribution in [0.5, 0.6) is 5.75 Å². The number of nitrogens with zero attached hydrogens (tertiary/aromatic N) is 1. The number of sulfone groups is 1. The molecule has 1 atom stereocenters. The number of nitrogen functional groups attached to an aromatic ring is 1. The highest BCUT2D eigenvalue weighted by atomic mass is 32.2. The van der Waals surface area contributed by atoms with E-state index >= 15 is 0 Å². The highest BCUT2D eigenvalue weighted by Gasteiger charge is 2.15. The zero-order valence-corrected chi connectivity index (χ0v) is 20.8. The molecule has 0 bridgehead atoms. The maximum Gasteiger partial charge on any atom is 0.191 e. The minimum absolute atomic E-state index is 0.0116. The van der Waals surface area contributed by atoms with E-state index in [4.69, 9.17) is 15.9 Å². The van der Waals surface area contributed by atoms with Gasteiger partial charge in [-0.15, -0.1) is 0 Å². The van der Waals surface area contributed by atoms with Gasteiger partial charge in [0, 0.05) is 37.4 Å². The van der Waals surface area contributed by atoms with E-state index in [1.165, 1.54) is 0 Å². The van der Waals surface area contributed by atoms with Crippen molar-refractivity contribution in [2.45, 2.75) is 11.0 Å². The van der Waals surface area contributed by atoms with Crippen molar-refractivity contribution in [3.8, 4) is 5.75 Å². The van der Waals surface area contributed by atoms with Crippen LogP contribution in [0.2, 0.25) is 0 Å². The highest BCUT2D eigenvalue weighted by molar-refractivity contribution is 7.91. The van der Waals surface area contributed by atoms with E-state index in [0.717, 1.165) is 16.5 Å². The van der Waals surface area contributed by atoms with Crippen LogP contribution in [0.25, 0.3) is 10.8 Å². The van der Waals surface area contributed by atoms with Crippen molar-refractivity contribution in [2.24, 2.45) is 5.73 Å². The van der Waals surface area contributed by atoms with Crippen LogP contribution in [-0.2, 0) is 9.84 Å². The summed E-state index contributed by atoms with van der Waals surface area (Å²) < 4.78 is 30.7. The van der Waals surface area contributed by atoms with E-state index in [0.29, 0.717) is 37.5 Å². The minimum Gasteiger partial charge on any atom is -0.497 e. The van der Waals surface area contributed by atoms with E-state index in [1.807, 2.05) is 42.3 Å². The fourth-order valence-electron chi connectivity index (χ4n) is 3.60. The SMILES string of the molecule is COc1ccc2ccc(S(=O)(=O)CNCCN(C)CC(O)CNc3ccc(C(=N)N)cc3)cc2c1. The standard InChI is InChI=1S/C25H33N5O4S/c1-30(16-22(31)15-29-21-7-3-19(4-8-21)25(26)27)12-11-28-17-35(32,33)24-10-6-18-5-9-23(34-2)13-20(18)14-24/h3-10,13-14,22,28-29,31H,11-12,15-17H2,1-2H3,(H3,26,27). The molecule has 0 saturated carbocycles. The molecule has 0 saturated heterocycles. The number of rotatable bonds is 13. The lowest BCUT2D eigenvalue weighted by Gasteiger charge is -2.21. The fourth-order valence-corrected chi connectivity index (χ4v) is 4.76. The maximum absolute atomic E-state index is 12.8. The number of aliphatic hydroxyl groups is 1. The lowest BCUT2D eigenvalue weighted by molar-refractivity contribution is 0.136. The molecular formula is C25H33N5O4S. The third-order valence-corrected chi connectivity index (χ3v) is 7.16. The summed E-state index contributed by atoms with van der Waals surface area (Å²) in [6, 6.07) is 17.7. The Morgan fingerprint density at radius 3 is 2.51 bits per heavy atom. The molecule has 0 amide bonds. The van der Waals surface area contributed by atoms with Crippen molar-refractivity contribution >= 4 is 32.1 Å². The molecule has 10 heteroatoms. The number of hydrogen-bond acceptors (Lipinski definition) is 8. The quantitative estimate of drug-likeness (QED) is 0.136. The fraction of sp³-hybridized carbons (Fsp3) is 0.320. The lowest BCUT2D eigenvalue weighted by atomic mass is 10.1. The van der Waals surface area contributed by atoms with E-state index in [2.05, 4.69) is 10.6 Å². The first-order valence-corrected chi connectivity index (χ1v) is 12.9. The Kier molecular flexibility index (Phi) is 9.05. The number of nitrogens with two attached hydrogens (primary N) is 1. The van der Waals surface area contributed by atoms with E-state index in [9.17, 15) is 13.5 Å². The molecule has 0 spiro atoms. The predicted octanol–water partition coefficient (Wildman–Crippen LogP) is 1.86. The summed E-state index contributed by atoms with van der Waals surface area (Å²) in [5, 5.41) is 25.6. The zero-order valence-electron chi connectivity index (χ0n) is 20.0. The van der Waals surface area contributed by atoms with Gasteiger partial charge in [-0.25, -0.2) is 8.42 Å². The summed E-state index contributed by atoms with van der Waals surface area (Å²) in [7, 11) is -0.0414. The molecule has 0 radical (unpaired) electrons. The van der Waals surface area contributed by atoms with Gasteiger partial charge in [0.05, 0.1) is 18.1 Å². The number of fused-ring (bicyclic) bond motifs is 1. The van der Waals surface area contributed by atoms with Gasteiger partial charge in [-0.2, -0.15) is 0 Å². The van der Waals surface area contributed by atoms with E-state index in [-0.39, 0.29) is 16.6 Å². The van der Waals surface area contributed by atoms with Crippen molar-refractivity contribution in [1.82, 2.24) is 10.2 Å². The number of nitrogens with one attached hydrogen (secondary N) is 3. The first-order chi connectivity index (χ1) is 16.7. The molecule has 0 fully saturated rings. The van der Waals surface area contributed by atoms with Gasteiger partial charge in [-0.3, -0.25) is 5.41 Å². The van der Waals surface area contributed by atoms with Gasteiger partial charge in [0.25, 0.3) is 0 Å². The Balaban J connectivity index is 1.41. The Morgan fingerprint density at radius 2 is 1.83 bits per heavy atom. The first-order valence-electron chi connectivity index (χ1n) is 11.2. The second-order valence-electron chi connectivity index (χ2n) is 8.42. The maximum atomic E-state index is 12.8. The molecule has 0 aliphatic carbocycles. The molecule has 0 aliphatic heterocycles. The van der Waals surface area contributed by atoms with E-state index < -0.39 is 15.9 Å². The Hall–Kier alpha value is -3.18. The molecule has 3 aromatic rings. The highest BCUT2D eigenvalue weighted by Crippen LogP contribution is 2.24. The number of aliphatic hydroxyl groups excluding tert-OH is 1. The Bertz CT molecular complexity index is 1250. The van der Waals surface area contributed by atoms with Crippen LogP contribution < -0.4 is 21.1 Å².